The number of amides is 2. The SMILES string of the molecule is O=C(Nc1ccc(C(=O)N2CC3(CCNCC3)C2)cc1)C1CC1. The minimum atomic E-state index is 0.0969. The van der Waals surface area contributed by atoms with Crippen LogP contribution in [-0.4, -0.2) is 42.9 Å². The van der Waals surface area contributed by atoms with Crippen LogP contribution in [0.1, 0.15) is 36.0 Å². The standard InChI is InChI=1S/C18H23N3O2/c22-16(13-1-2-13)20-15-5-3-14(4-6-15)17(23)21-11-18(12-21)7-9-19-10-8-18/h3-6,13,19H,1-2,7-12H2,(H,20,22). The highest BCUT2D eigenvalue weighted by molar-refractivity contribution is 5.97. The predicted octanol–water partition coefficient (Wildman–Crippen LogP) is 1.86. The molecule has 0 bridgehead atoms. The Morgan fingerprint density at radius 3 is 2.35 bits per heavy atom. The fraction of sp³-hybridized carbons (Fsp3) is 0.556. The van der Waals surface area contributed by atoms with Gasteiger partial charge in [-0.05, 0) is 63.0 Å². The summed E-state index contributed by atoms with van der Waals surface area (Å²) >= 11 is 0. The molecule has 2 heterocycles. The van der Waals surface area contributed by atoms with Gasteiger partial charge >= 0.3 is 0 Å². The number of carbonyl (C=O) groups is 2. The summed E-state index contributed by atoms with van der Waals surface area (Å²) in [6.07, 6.45) is 4.33. The van der Waals surface area contributed by atoms with Crippen LogP contribution in [0.15, 0.2) is 24.3 Å². The molecule has 1 aromatic carbocycles. The summed E-state index contributed by atoms with van der Waals surface area (Å²) in [5.74, 6) is 0.396. The maximum absolute atomic E-state index is 12.5. The number of likely N-dealkylation sites (tertiary alicyclic amines) is 1. The molecule has 1 aromatic rings. The quantitative estimate of drug-likeness (QED) is 0.895. The molecule has 2 N–H and O–H groups in total. The molecule has 1 saturated carbocycles. The number of anilines is 1. The molecular formula is C18H23N3O2. The topological polar surface area (TPSA) is 61.4 Å². The lowest BCUT2D eigenvalue weighted by molar-refractivity contribution is -0.117. The van der Waals surface area contributed by atoms with Crippen molar-refractivity contribution in [1.29, 1.82) is 0 Å². The maximum atomic E-state index is 12.5. The number of nitrogens with zero attached hydrogens (tertiary/aromatic N) is 1. The second-order valence-electron chi connectivity index (χ2n) is 7.25. The average Bonchev–Trinajstić information content (AvgIpc) is 3.38. The molecule has 2 amide bonds. The largest absolute Gasteiger partial charge is 0.337 e. The minimum absolute atomic E-state index is 0.0969. The van der Waals surface area contributed by atoms with Crippen LogP contribution >= 0.6 is 0 Å². The van der Waals surface area contributed by atoms with Gasteiger partial charge in [0, 0.05) is 35.7 Å². The van der Waals surface area contributed by atoms with Crippen LogP contribution in [0.3, 0.4) is 0 Å². The highest BCUT2D eigenvalue weighted by Crippen LogP contribution is 2.39. The van der Waals surface area contributed by atoms with Crippen molar-refractivity contribution < 1.29 is 9.59 Å². The van der Waals surface area contributed by atoms with Gasteiger partial charge in [-0.25, -0.2) is 0 Å². The fourth-order valence-electron chi connectivity index (χ4n) is 3.65. The van der Waals surface area contributed by atoms with Crippen LogP contribution in [0.2, 0.25) is 0 Å². The first-order chi connectivity index (χ1) is 11.2. The summed E-state index contributed by atoms with van der Waals surface area (Å²) in [5, 5.41) is 6.28. The van der Waals surface area contributed by atoms with E-state index in [0.29, 0.717) is 11.0 Å². The smallest absolute Gasteiger partial charge is 0.253 e. The second kappa shape index (κ2) is 5.64. The summed E-state index contributed by atoms with van der Waals surface area (Å²) in [7, 11) is 0. The zero-order chi connectivity index (χ0) is 15.9. The van der Waals surface area contributed by atoms with Crippen molar-refractivity contribution in [3.63, 3.8) is 0 Å². The normalized spacial score (nSPS) is 22.5. The Kier molecular flexibility index (Phi) is 3.60. The van der Waals surface area contributed by atoms with Crippen molar-refractivity contribution >= 4 is 17.5 Å². The molecule has 0 radical (unpaired) electrons. The summed E-state index contributed by atoms with van der Waals surface area (Å²) in [4.78, 5) is 26.2. The summed E-state index contributed by atoms with van der Waals surface area (Å²) in [5.41, 5.74) is 1.84. The zero-order valence-corrected chi connectivity index (χ0v) is 13.3. The summed E-state index contributed by atoms with van der Waals surface area (Å²) in [6.45, 7) is 3.90. The molecule has 5 nitrogen and oxygen atoms in total. The van der Waals surface area contributed by atoms with Gasteiger partial charge in [0.2, 0.25) is 5.91 Å². The van der Waals surface area contributed by atoms with Crippen LogP contribution in [0.25, 0.3) is 0 Å². The number of rotatable bonds is 3. The van der Waals surface area contributed by atoms with E-state index in [1.165, 1.54) is 12.8 Å². The van der Waals surface area contributed by atoms with Crippen molar-refractivity contribution in [3.05, 3.63) is 29.8 Å². The Balaban J connectivity index is 1.34. The van der Waals surface area contributed by atoms with Gasteiger partial charge in [0.25, 0.3) is 5.91 Å². The van der Waals surface area contributed by atoms with E-state index < -0.39 is 0 Å². The van der Waals surface area contributed by atoms with E-state index in [-0.39, 0.29) is 17.7 Å². The van der Waals surface area contributed by atoms with Crippen LogP contribution in [0.4, 0.5) is 5.69 Å². The predicted molar refractivity (Wildman–Crippen MR) is 88.2 cm³/mol. The molecular weight excluding hydrogens is 290 g/mol. The van der Waals surface area contributed by atoms with Gasteiger partial charge in [0.15, 0.2) is 0 Å². The van der Waals surface area contributed by atoms with Gasteiger partial charge in [-0.3, -0.25) is 9.59 Å². The molecule has 4 rings (SSSR count). The molecule has 0 unspecified atom stereocenters. The lowest BCUT2D eigenvalue weighted by Gasteiger charge is -2.52. The van der Waals surface area contributed by atoms with Gasteiger partial charge in [-0.2, -0.15) is 0 Å². The maximum Gasteiger partial charge on any atom is 0.253 e. The van der Waals surface area contributed by atoms with E-state index in [4.69, 9.17) is 0 Å². The number of hydrogen-bond acceptors (Lipinski definition) is 3. The average molecular weight is 313 g/mol. The lowest BCUT2D eigenvalue weighted by Crippen LogP contribution is -2.61. The first-order valence-electron chi connectivity index (χ1n) is 8.56. The van der Waals surface area contributed by atoms with Crippen molar-refractivity contribution in [3.8, 4) is 0 Å². The Morgan fingerprint density at radius 2 is 1.74 bits per heavy atom. The molecule has 2 aliphatic heterocycles. The Bertz CT molecular complexity index is 608. The molecule has 5 heteroatoms. The van der Waals surface area contributed by atoms with Gasteiger partial charge in [0.1, 0.15) is 0 Å². The van der Waals surface area contributed by atoms with Gasteiger partial charge in [-0.1, -0.05) is 0 Å². The Labute approximate surface area is 136 Å². The molecule has 23 heavy (non-hydrogen) atoms. The fourth-order valence-corrected chi connectivity index (χ4v) is 3.65. The number of piperidine rings is 1. The van der Waals surface area contributed by atoms with Crippen molar-refractivity contribution in [2.75, 3.05) is 31.5 Å². The Morgan fingerprint density at radius 1 is 1.09 bits per heavy atom. The first-order valence-corrected chi connectivity index (χ1v) is 8.56. The highest BCUT2D eigenvalue weighted by atomic mass is 16.2. The molecule has 0 aromatic heterocycles. The minimum Gasteiger partial charge on any atom is -0.337 e. The van der Waals surface area contributed by atoms with Crippen LogP contribution in [0, 0.1) is 11.3 Å². The van der Waals surface area contributed by atoms with E-state index in [0.717, 1.165) is 44.7 Å². The van der Waals surface area contributed by atoms with E-state index in [9.17, 15) is 9.59 Å². The van der Waals surface area contributed by atoms with Crippen LogP contribution in [-0.2, 0) is 4.79 Å². The van der Waals surface area contributed by atoms with E-state index >= 15 is 0 Å². The highest BCUT2D eigenvalue weighted by Gasteiger charge is 2.45. The number of carbonyl (C=O) groups excluding carboxylic acids is 2. The molecule has 1 aliphatic carbocycles. The van der Waals surface area contributed by atoms with Gasteiger partial charge in [-0.15, -0.1) is 0 Å². The van der Waals surface area contributed by atoms with Crippen molar-refractivity contribution in [2.45, 2.75) is 25.7 Å². The Hall–Kier alpha value is -1.88. The molecule has 0 atom stereocenters. The van der Waals surface area contributed by atoms with E-state index in [1.807, 2.05) is 29.2 Å². The molecule has 122 valence electrons. The zero-order valence-electron chi connectivity index (χ0n) is 13.3. The van der Waals surface area contributed by atoms with Gasteiger partial charge in [0.05, 0.1) is 0 Å². The third-order valence-corrected chi connectivity index (χ3v) is 5.35. The third-order valence-electron chi connectivity index (χ3n) is 5.35. The molecule has 3 fully saturated rings. The second-order valence-corrected chi connectivity index (χ2v) is 7.25. The third kappa shape index (κ3) is 2.98. The van der Waals surface area contributed by atoms with E-state index in [2.05, 4.69) is 10.6 Å². The van der Waals surface area contributed by atoms with Crippen LogP contribution < -0.4 is 10.6 Å². The van der Waals surface area contributed by atoms with Gasteiger partial charge < -0.3 is 15.5 Å². The summed E-state index contributed by atoms with van der Waals surface area (Å²) in [6, 6.07) is 7.29. The molecule has 3 aliphatic rings. The molecule has 1 spiro atoms. The number of benzene rings is 1. The monoisotopic (exact) mass is 313 g/mol. The number of nitrogens with one attached hydrogen (secondary N) is 2. The molecule has 2 saturated heterocycles. The van der Waals surface area contributed by atoms with Crippen molar-refractivity contribution in [1.82, 2.24) is 10.2 Å². The summed E-state index contributed by atoms with van der Waals surface area (Å²) < 4.78 is 0. The number of hydrogen-bond donors (Lipinski definition) is 2. The van der Waals surface area contributed by atoms with Crippen LogP contribution in [0.5, 0.6) is 0 Å². The lowest BCUT2D eigenvalue weighted by atomic mass is 9.72. The van der Waals surface area contributed by atoms with E-state index in [1.54, 1.807) is 0 Å². The first kappa shape index (κ1) is 14.7. The van der Waals surface area contributed by atoms with Crippen molar-refractivity contribution in [2.24, 2.45) is 11.3 Å².